The summed E-state index contributed by atoms with van der Waals surface area (Å²) in [4.78, 5) is 11.0. The number of aromatic nitrogens is 2. The van der Waals surface area contributed by atoms with E-state index in [1.165, 1.54) is 7.11 Å². The van der Waals surface area contributed by atoms with E-state index < -0.39 is 11.8 Å². The summed E-state index contributed by atoms with van der Waals surface area (Å²) in [6.07, 6.45) is 0. The van der Waals surface area contributed by atoms with E-state index in [1.807, 2.05) is 0 Å². The molecule has 1 aromatic heterocycles. The average Bonchev–Trinajstić information content (AvgIpc) is 3.07. The number of amides is 1. The maximum Gasteiger partial charge on any atom is 0.255 e. The number of hydrogen-bond acceptors (Lipinski definition) is 8. The van der Waals surface area contributed by atoms with Gasteiger partial charge in [0.25, 0.3) is 5.91 Å². The van der Waals surface area contributed by atoms with Crippen molar-refractivity contribution in [3.05, 3.63) is 46.5 Å². The molecule has 28 heavy (non-hydrogen) atoms. The number of methoxy groups -OCH3 is 2. The Morgan fingerprint density at radius 3 is 2.82 bits per heavy atom. The van der Waals surface area contributed by atoms with Crippen molar-refractivity contribution in [2.75, 3.05) is 20.8 Å². The summed E-state index contributed by atoms with van der Waals surface area (Å²) in [5, 5.41) is 16.6. The number of ether oxygens (including phenoxy) is 4. The number of carbonyl (C=O) groups excluding carboxylic acids is 1. The molecule has 1 aliphatic heterocycles. The van der Waals surface area contributed by atoms with Crippen molar-refractivity contribution in [3.8, 4) is 23.4 Å². The molecule has 0 aliphatic carbocycles. The van der Waals surface area contributed by atoms with Crippen molar-refractivity contribution < 1.29 is 23.7 Å². The van der Waals surface area contributed by atoms with Gasteiger partial charge in [-0.1, -0.05) is 6.07 Å². The highest BCUT2D eigenvalue weighted by atomic mass is 16.5. The summed E-state index contributed by atoms with van der Waals surface area (Å²) < 4.78 is 21.4. The van der Waals surface area contributed by atoms with Crippen molar-refractivity contribution in [3.63, 3.8) is 0 Å². The average molecular weight is 385 g/mol. The summed E-state index contributed by atoms with van der Waals surface area (Å²) in [6, 6.07) is 7.18. The number of benzene rings is 1. The van der Waals surface area contributed by atoms with Gasteiger partial charge < -0.3 is 30.4 Å². The van der Waals surface area contributed by atoms with Crippen molar-refractivity contribution in [1.82, 2.24) is 10.2 Å². The molecule has 0 saturated heterocycles. The summed E-state index contributed by atoms with van der Waals surface area (Å²) >= 11 is 0. The van der Waals surface area contributed by atoms with E-state index in [0.717, 1.165) is 0 Å². The normalized spacial score (nSPS) is 15.4. The molecule has 1 aromatic carbocycles. The van der Waals surface area contributed by atoms with Crippen LogP contribution in [0.1, 0.15) is 22.7 Å². The maximum atomic E-state index is 11.0. The van der Waals surface area contributed by atoms with E-state index >= 15 is 0 Å². The zero-order chi connectivity index (χ0) is 20.3. The number of allylic oxidation sites excluding steroid dienone is 1. The Morgan fingerprint density at radius 1 is 1.39 bits per heavy atom. The minimum Gasteiger partial charge on any atom is -0.493 e. The molecule has 10 nitrogen and oxygen atoms in total. The number of nitrogens with one attached hydrogen (secondary N) is 1. The maximum absolute atomic E-state index is 11.0. The van der Waals surface area contributed by atoms with Crippen molar-refractivity contribution >= 4 is 5.91 Å². The lowest BCUT2D eigenvalue weighted by Crippen LogP contribution is -2.22. The zero-order valence-electron chi connectivity index (χ0n) is 15.3. The molecule has 0 fully saturated rings. The van der Waals surface area contributed by atoms with Crippen LogP contribution in [0.3, 0.4) is 0 Å². The fourth-order valence-corrected chi connectivity index (χ4v) is 3.03. The highest BCUT2D eigenvalue weighted by molar-refractivity contribution is 5.75. The van der Waals surface area contributed by atoms with E-state index in [9.17, 15) is 10.1 Å². The lowest BCUT2D eigenvalue weighted by Gasteiger charge is -2.24. The topological polar surface area (TPSA) is 158 Å². The van der Waals surface area contributed by atoms with Gasteiger partial charge in [0.05, 0.1) is 30.9 Å². The number of aromatic amines is 1. The zero-order valence-corrected chi connectivity index (χ0v) is 15.3. The molecular weight excluding hydrogens is 366 g/mol. The Balaban J connectivity index is 2.10. The third kappa shape index (κ3) is 3.43. The van der Waals surface area contributed by atoms with Crippen LogP contribution in [-0.2, 0) is 16.1 Å². The molecule has 1 amide bonds. The SMILES string of the molecule is COCc1[nH]nc2c1C(c1ccc(OCC(N)=O)c(OC)c1)C(C#N)=C(N)O2. The molecule has 146 valence electrons. The lowest BCUT2D eigenvalue weighted by molar-refractivity contribution is -0.119. The summed E-state index contributed by atoms with van der Waals surface area (Å²) in [5.41, 5.74) is 13.3. The molecule has 2 aromatic rings. The van der Waals surface area contributed by atoms with Gasteiger partial charge in [-0.3, -0.25) is 9.89 Å². The van der Waals surface area contributed by atoms with Gasteiger partial charge in [0.15, 0.2) is 18.1 Å². The molecule has 0 radical (unpaired) electrons. The lowest BCUT2D eigenvalue weighted by atomic mass is 9.84. The van der Waals surface area contributed by atoms with Crippen molar-refractivity contribution in [2.45, 2.75) is 12.5 Å². The molecule has 1 unspecified atom stereocenters. The van der Waals surface area contributed by atoms with E-state index in [4.69, 9.17) is 30.4 Å². The van der Waals surface area contributed by atoms with Gasteiger partial charge in [0, 0.05) is 7.11 Å². The number of H-pyrrole nitrogens is 1. The number of fused-ring (bicyclic) bond motifs is 1. The molecule has 0 spiro atoms. The van der Waals surface area contributed by atoms with Gasteiger partial charge in [-0.25, -0.2) is 0 Å². The second-order valence-electron chi connectivity index (χ2n) is 5.94. The second-order valence-corrected chi connectivity index (χ2v) is 5.94. The number of nitriles is 1. The van der Waals surface area contributed by atoms with Crippen LogP contribution in [0.4, 0.5) is 0 Å². The van der Waals surface area contributed by atoms with E-state index in [1.54, 1.807) is 25.3 Å². The van der Waals surface area contributed by atoms with E-state index in [0.29, 0.717) is 28.3 Å². The highest BCUT2D eigenvalue weighted by Crippen LogP contribution is 2.44. The Morgan fingerprint density at radius 2 is 2.18 bits per heavy atom. The highest BCUT2D eigenvalue weighted by Gasteiger charge is 2.35. The Kier molecular flexibility index (Phi) is 5.37. The first-order valence-corrected chi connectivity index (χ1v) is 8.22. The number of carbonyl (C=O) groups is 1. The Hall–Kier alpha value is -3.71. The van der Waals surface area contributed by atoms with Gasteiger partial charge >= 0.3 is 0 Å². The van der Waals surface area contributed by atoms with Gasteiger partial charge in [-0.15, -0.1) is 5.10 Å². The fourth-order valence-electron chi connectivity index (χ4n) is 3.03. The molecule has 10 heteroatoms. The second kappa shape index (κ2) is 7.89. The van der Waals surface area contributed by atoms with Crippen LogP contribution in [0.15, 0.2) is 29.7 Å². The van der Waals surface area contributed by atoms with Crippen LogP contribution < -0.4 is 25.7 Å². The quantitative estimate of drug-likeness (QED) is 0.626. The van der Waals surface area contributed by atoms with Gasteiger partial charge in [-0.2, -0.15) is 5.26 Å². The van der Waals surface area contributed by atoms with Gasteiger partial charge in [0.1, 0.15) is 11.6 Å². The number of hydrogen-bond donors (Lipinski definition) is 3. The number of nitrogens with zero attached hydrogens (tertiary/aromatic N) is 2. The molecule has 3 rings (SSSR count). The van der Waals surface area contributed by atoms with Crippen LogP contribution in [0, 0.1) is 11.3 Å². The third-order valence-electron chi connectivity index (χ3n) is 4.20. The predicted molar refractivity (Wildman–Crippen MR) is 96.3 cm³/mol. The minimum atomic E-state index is -0.606. The number of nitrogens with two attached hydrogens (primary N) is 2. The number of rotatable bonds is 7. The van der Waals surface area contributed by atoms with Gasteiger partial charge in [0.2, 0.25) is 11.8 Å². The van der Waals surface area contributed by atoms with Crippen molar-refractivity contribution in [1.29, 1.82) is 5.26 Å². The largest absolute Gasteiger partial charge is 0.493 e. The predicted octanol–water partition coefficient (Wildman–Crippen LogP) is 0.647. The first-order chi connectivity index (χ1) is 13.5. The monoisotopic (exact) mass is 385 g/mol. The third-order valence-corrected chi connectivity index (χ3v) is 4.20. The summed E-state index contributed by atoms with van der Waals surface area (Å²) in [6.45, 7) is -0.0368. The van der Waals surface area contributed by atoms with Gasteiger partial charge in [-0.05, 0) is 17.7 Å². The molecule has 2 heterocycles. The fraction of sp³-hybridized carbons (Fsp3) is 0.278. The minimum absolute atomic E-state index is 0.0245. The smallest absolute Gasteiger partial charge is 0.255 e. The van der Waals surface area contributed by atoms with Crippen LogP contribution in [0.2, 0.25) is 0 Å². The molecule has 1 aliphatic rings. The Bertz CT molecular complexity index is 975. The van der Waals surface area contributed by atoms with Crippen LogP contribution in [0.25, 0.3) is 0 Å². The van der Waals surface area contributed by atoms with E-state index in [2.05, 4.69) is 16.3 Å². The Labute approximate surface area is 160 Å². The molecule has 1 atom stereocenters. The first kappa shape index (κ1) is 19.1. The number of primary amides is 1. The molecule has 5 N–H and O–H groups in total. The van der Waals surface area contributed by atoms with Crippen LogP contribution >= 0.6 is 0 Å². The first-order valence-electron chi connectivity index (χ1n) is 8.22. The molecule has 0 saturated carbocycles. The summed E-state index contributed by atoms with van der Waals surface area (Å²) in [7, 11) is 3.02. The molecular formula is C18H19N5O5. The molecule has 0 bridgehead atoms. The standard InChI is InChI=1S/C18H19N5O5/c1-25-7-11-16-15(10(6-19)17(21)28-18(16)23-22-11)9-3-4-12(13(5-9)26-2)27-8-14(20)24/h3-5,15H,7-8,21H2,1-2H3,(H2,20,24)(H,22,23). The summed E-state index contributed by atoms with van der Waals surface area (Å²) in [5.74, 6) is -0.177. The van der Waals surface area contributed by atoms with Crippen molar-refractivity contribution in [2.24, 2.45) is 11.5 Å². The van der Waals surface area contributed by atoms with E-state index in [-0.39, 0.29) is 30.5 Å². The van der Waals surface area contributed by atoms with Crippen LogP contribution in [0.5, 0.6) is 17.4 Å². The van der Waals surface area contributed by atoms with Crippen LogP contribution in [-0.4, -0.2) is 36.9 Å².